The molecule has 4 nitrogen and oxygen atoms in total. The summed E-state index contributed by atoms with van der Waals surface area (Å²) in [7, 11) is 0. The van der Waals surface area contributed by atoms with Crippen LogP contribution in [-0.2, 0) is 0 Å². The summed E-state index contributed by atoms with van der Waals surface area (Å²) in [4.78, 5) is 15.5. The third-order valence-electron chi connectivity index (χ3n) is 2.81. The third-order valence-corrected chi connectivity index (χ3v) is 3.05. The Morgan fingerprint density at radius 2 is 2.11 bits per heavy atom. The second-order valence-electron chi connectivity index (χ2n) is 4.65. The molecule has 0 aliphatic heterocycles. The zero-order valence-corrected chi connectivity index (χ0v) is 11.7. The molecule has 1 heterocycles. The molecule has 1 N–H and O–H groups in total. The van der Waals surface area contributed by atoms with Crippen LogP contribution in [0.25, 0.3) is 11.5 Å². The highest BCUT2D eigenvalue weighted by atomic mass is 35.5. The standard InChI is InChI=1S/C14H14ClNO3/c1-7(2)11-12(14(17)18)19-13(16-11)10-5-4-9(15)6-8(10)3/h4-7H,1-3H3,(H,17,18). The lowest BCUT2D eigenvalue weighted by atomic mass is 10.1. The van der Waals surface area contributed by atoms with Gasteiger partial charge in [0.2, 0.25) is 11.7 Å². The van der Waals surface area contributed by atoms with Crippen molar-refractivity contribution in [1.82, 2.24) is 4.98 Å². The molecule has 5 heteroatoms. The van der Waals surface area contributed by atoms with Gasteiger partial charge < -0.3 is 9.52 Å². The van der Waals surface area contributed by atoms with E-state index in [1.807, 2.05) is 20.8 Å². The Balaban J connectivity index is 2.57. The SMILES string of the molecule is Cc1cc(Cl)ccc1-c1nc(C(C)C)c(C(=O)O)o1. The van der Waals surface area contributed by atoms with Crippen LogP contribution in [0.2, 0.25) is 5.02 Å². The van der Waals surface area contributed by atoms with Gasteiger partial charge in [-0.2, -0.15) is 0 Å². The predicted octanol–water partition coefficient (Wildman–Crippen LogP) is 4.13. The molecule has 0 aliphatic rings. The molecule has 1 aromatic carbocycles. The van der Waals surface area contributed by atoms with Gasteiger partial charge >= 0.3 is 5.97 Å². The van der Waals surface area contributed by atoms with Gasteiger partial charge in [-0.3, -0.25) is 0 Å². The summed E-state index contributed by atoms with van der Waals surface area (Å²) in [5, 5.41) is 9.75. The smallest absolute Gasteiger partial charge is 0.373 e. The van der Waals surface area contributed by atoms with Crippen molar-refractivity contribution in [2.75, 3.05) is 0 Å². The zero-order chi connectivity index (χ0) is 14.2. The van der Waals surface area contributed by atoms with E-state index in [2.05, 4.69) is 4.98 Å². The van der Waals surface area contributed by atoms with E-state index >= 15 is 0 Å². The first-order chi connectivity index (χ1) is 8.90. The number of carbonyl (C=O) groups is 1. The van der Waals surface area contributed by atoms with Crippen molar-refractivity contribution in [3.8, 4) is 11.5 Å². The van der Waals surface area contributed by atoms with Crippen molar-refractivity contribution in [3.63, 3.8) is 0 Å². The van der Waals surface area contributed by atoms with E-state index in [0.29, 0.717) is 16.6 Å². The highest BCUT2D eigenvalue weighted by molar-refractivity contribution is 6.30. The number of aromatic carboxylic acids is 1. The minimum Gasteiger partial charge on any atom is -0.475 e. The third kappa shape index (κ3) is 2.63. The molecule has 0 fully saturated rings. The maximum Gasteiger partial charge on any atom is 0.373 e. The van der Waals surface area contributed by atoms with Gasteiger partial charge in [0, 0.05) is 10.6 Å². The molecular formula is C14H14ClNO3. The maximum atomic E-state index is 11.2. The molecule has 0 spiro atoms. The zero-order valence-electron chi connectivity index (χ0n) is 10.9. The second kappa shape index (κ2) is 5.05. The number of halogens is 1. The summed E-state index contributed by atoms with van der Waals surface area (Å²) < 4.78 is 5.39. The summed E-state index contributed by atoms with van der Waals surface area (Å²) >= 11 is 5.90. The summed E-state index contributed by atoms with van der Waals surface area (Å²) in [5.41, 5.74) is 2.09. The Hall–Kier alpha value is -1.81. The Morgan fingerprint density at radius 3 is 2.58 bits per heavy atom. The van der Waals surface area contributed by atoms with Crippen molar-refractivity contribution >= 4 is 17.6 Å². The average molecular weight is 280 g/mol. The van der Waals surface area contributed by atoms with Crippen LogP contribution in [0.1, 0.15) is 41.6 Å². The van der Waals surface area contributed by atoms with Crippen LogP contribution in [-0.4, -0.2) is 16.1 Å². The average Bonchev–Trinajstić information content (AvgIpc) is 2.73. The van der Waals surface area contributed by atoms with E-state index in [0.717, 1.165) is 11.1 Å². The molecule has 2 rings (SSSR count). The van der Waals surface area contributed by atoms with Crippen LogP contribution < -0.4 is 0 Å². The fourth-order valence-corrected chi connectivity index (χ4v) is 2.09. The molecule has 2 aromatic rings. The number of rotatable bonds is 3. The monoisotopic (exact) mass is 279 g/mol. The Kier molecular flexibility index (Phi) is 3.62. The Bertz CT molecular complexity index is 632. The molecular weight excluding hydrogens is 266 g/mol. The first-order valence-electron chi connectivity index (χ1n) is 5.90. The minimum atomic E-state index is -1.10. The van der Waals surface area contributed by atoms with Gasteiger partial charge in [-0.1, -0.05) is 25.4 Å². The van der Waals surface area contributed by atoms with Crippen LogP contribution in [0, 0.1) is 6.92 Å². The summed E-state index contributed by atoms with van der Waals surface area (Å²) in [5.74, 6) is -0.903. The van der Waals surface area contributed by atoms with Gasteiger partial charge in [-0.15, -0.1) is 0 Å². The van der Waals surface area contributed by atoms with E-state index < -0.39 is 5.97 Å². The number of benzene rings is 1. The van der Waals surface area contributed by atoms with Gasteiger partial charge in [0.1, 0.15) is 0 Å². The number of aromatic nitrogens is 1. The van der Waals surface area contributed by atoms with Gasteiger partial charge in [0.05, 0.1) is 5.69 Å². The minimum absolute atomic E-state index is 0.0174. The van der Waals surface area contributed by atoms with Gasteiger partial charge in [-0.05, 0) is 36.6 Å². The second-order valence-corrected chi connectivity index (χ2v) is 5.09. The Morgan fingerprint density at radius 1 is 1.42 bits per heavy atom. The molecule has 100 valence electrons. The lowest BCUT2D eigenvalue weighted by Crippen LogP contribution is -2.01. The molecule has 0 unspecified atom stereocenters. The van der Waals surface area contributed by atoms with Gasteiger partial charge in [-0.25, -0.2) is 9.78 Å². The first kappa shape index (κ1) is 13.6. The highest BCUT2D eigenvalue weighted by Gasteiger charge is 2.23. The van der Waals surface area contributed by atoms with Gasteiger partial charge in [0.25, 0.3) is 0 Å². The van der Waals surface area contributed by atoms with E-state index in [4.69, 9.17) is 21.1 Å². The molecule has 0 radical (unpaired) electrons. The number of hydrogen-bond acceptors (Lipinski definition) is 3. The molecule has 0 amide bonds. The summed E-state index contributed by atoms with van der Waals surface area (Å²) in [6, 6.07) is 5.29. The van der Waals surface area contributed by atoms with Crippen molar-refractivity contribution in [1.29, 1.82) is 0 Å². The number of aryl methyl sites for hydroxylation is 1. The summed E-state index contributed by atoms with van der Waals surface area (Å²) in [6.45, 7) is 5.63. The Labute approximate surface area is 116 Å². The topological polar surface area (TPSA) is 63.3 Å². The fraction of sp³-hybridized carbons (Fsp3) is 0.286. The largest absolute Gasteiger partial charge is 0.475 e. The lowest BCUT2D eigenvalue weighted by molar-refractivity contribution is 0.0661. The molecule has 0 saturated heterocycles. The maximum absolute atomic E-state index is 11.2. The first-order valence-corrected chi connectivity index (χ1v) is 6.28. The molecule has 0 aliphatic carbocycles. The molecule has 0 saturated carbocycles. The molecule has 19 heavy (non-hydrogen) atoms. The summed E-state index contributed by atoms with van der Waals surface area (Å²) in [6.07, 6.45) is 0. The molecule has 0 bridgehead atoms. The number of oxazole rings is 1. The van der Waals surface area contributed by atoms with E-state index in [9.17, 15) is 4.79 Å². The van der Waals surface area contributed by atoms with Crippen LogP contribution >= 0.6 is 11.6 Å². The molecule has 1 aromatic heterocycles. The van der Waals surface area contributed by atoms with E-state index in [-0.39, 0.29) is 11.7 Å². The van der Waals surface area contributed by atoms with Crippen LogP contribution in [0.4, 0.5) is 0 Å². The van der Waals surface area contributed by atoms with Crippen LogP contribution in [0.5, 0.6) is 0 Å². The highest BCUT2D eigenvalue weighted by Crippen LogP contribution is 2.29. The number of carboxylic acids is 1. The van der Waals surface area contributed by atoms with Crippen molar-refractivity contribution in [2.24, 2.45) is 0 Å². The van der Waals surface area contributed by atoms with Crippen molar-refractivity contribution < 1.29 is 14.3 Å². The van der Waals surface area contributed by atoms with Crippen molar-refractivity contribution in [2.45, 2.75) is 26.7 Å². The van der Waals surface area contributed by atoms with Crippen LogP contribution in [0.15, 0.2) is 22.6 Å². The number of carboxylic acid groups (broad SMARTS) is 1. The molecule has 0 atom stereocenters. The van der Waals surface area contributed by atoms with Gasteiger partial charge in [0.15, 0.2) is 0 Å². The normalized spacial score (nSPS) is 11.0. The quantitative estimate of drug-likeness (QED) is 0.918. The van der Waals surface area contributed by atoms with Crippen molar-refractivity contribution in [3.05, 3.63) is 40.2 Å². The number of nitrogens with zero attached hydrogens (tertiary/aromatic N) is 1. The fourth-order valence-electron chi connectivity index (χ4n) is 1.86. The number of hydrogen-bond donors (Lipinski definition) is 1. The van der Waals surface area contributed by atoms with Crippen LogP contribution in [0.3, 0.4) is 0 Å². The lowest BCUT2D eigenvalue weighted by Gasteiger charge is -2.01. The predicted molar refractivity (Wildman–Crippen MR) is 72.7 cm³/mol. The van der Waals surface area contributed by atoms with E-state index in [1.54, 1.807) is 18.2 Å². The van der Waals surface area contributed by atoms with E-state index in [1.165, 1.54) is 0 Å².